The van der Waals surface area contributed by atoms with Crippen molar-refractivity contribution in [3.8, 4) is 11.1 Å². The molecule has 1 heterocycles. The Morgan fingerprint density at radius 2 is 1.83 bits per heavy atom. The molecule has 1 atom stereocenters. The maximum Gasteiger partial charge on any atom is 0.150 e. The van der Waals surface area contributed by atoms with Crippen LogP contribution in [0.3, 0.4) is 0 Å². The zero-order chi connectivity index (χ0) is 17.5. The number of aliphatic hydroxyl groups excluding tert-OH is 1. The summed E-state index contributed by atoms with van der Waals surface area (Å²) < 4.78 is 25.0. The van der Waals surface area contributed by atoms with E-state index in [0.717, 1.165) is 37.2 Å². The summed E-state index contributed by atoms with van der Waals surface area (Å²) in [7, 11) is -3.32. The molecule has 3 rings (SSSR count). The highest BCUT2D eigenvalue weighted by Gasteiger charge is 2.24. The van der Waals surface area contributed by atoms with Crippen LogP contribution in [-0.4, -0.2) is 30.5 Å². The van der Waals surface area contributed by atoms with Crippen molar-refractivity contribution in [3.05, 3.63) is 57.1 Å². The van der Waals surface area contributed by atoms with Gasteiger partial charge in [0, 0.05) is 31.7 Å². The molecule has 0 fully saturated rings. The fourth-order valence-electron chi connectivity index (χ4n) is 2.79. The summed E-state index contributed by atoms with van der Waals surface area (Å²) in [4.78, 5) is 3.19. The van der Waals surface area contributed by atoms with Crippen LogP contribution in [0, 0.1) is 0 Å². The number of sulfone groups is 1. The molecule has 7 heteroatoms. The number of aromatic nitrogens is 1. The lowest BCUT2D eigenvalue weighted by Gasteiger charge is -2.11. The number of benzene rings is 2. The van der Waals surface area contributed by atoms with Crippen molar-refractivity contribution in [2.45, 2.75) is 6.10 Å². The Bertz CT molecular complexity index is 998. The smallest absolute Gasteiger partial charge is 0.150 e. The van der Waals surface area contributed by atoms with E-state index in [1.54, 1.807) is 0 Å². The molecule has 0 saturated heterocycles. The second-order valence-corrected chi connectivity index (χ2v) is 9.65. The van der Waals surface area contributed by atoms with E-state index in [2.05, 4.69) is 36.8 Å². The number of hydrogen-bond donors (Lipinski definition) is 2. The summed E-state index contributed by atoms with van der Waals surface area (Å²) in [5, 5.41) is 11.4. The number of H-pyrrole nitrogens is 1. The summed E-state index contributed by atoms with van der Waals surface area (Å²) in [6.07, 6.45) is -0.0126. The zero-order valence-corrected chi connectivity index (χ0v) is 16.7. The van der Waals surface area contributed by atoms with E-state index < -0.39 is 15.9 Å². The maximum atomic E-state index is 11.6. The molecule has 0 aliphatic carbocycles. The standard InChI is InChI=1S/C17H15Br2NO3S/c1-24(22,23)9-14(21)17-15(10-5-3-2-4-6-10)16-12(19)7-11(18)8-13(16)20-17/h2-8,14,20-21H,9H2,1H3. The van der Waals surface area contributed by atoms with Gasteiger partial charge in [0.25, 0.3) is 0 Å². The first-order chi connectivity index (χ1) is 11.3. The van der Waals surface area contributed by atoms with Crippen LogP contribution in [0.5, 0.6) is 0 Å². The Hall–Kier alpha value is -1.15. The van der Waals surface area contributed by atoms with E-state index in [1.807, 2.05) is 42.5 Å². The predicted octanol–water partition coefficient (Wildman–Crippen LogP) is 4.44. The van der Waals surface area contributed by atoms with Gasteiger partial charge in [0.2, 0.25) is 0 Å². The zero-order valence-electron chi connectivity index (χ0n) is 12.8. The van der Waals surface area contributed by atoms with E-state index in [1.165, 1.54) is 0 Å². The van der Waals surface area contributed by atoms with Crippen LogP contribution in [0.15, 0.2) is 51.4 Å². The van der Waals surface area contributed by atoms with E-state index in [9.17, 15) is 13.5 Å². The van der Waals surface area contributed by atoms with Crippen molar-refractivity contribution in [3.63, 3.8) is 0 Å². The van der Waals surface area contributed by atoms with Gasteiger partial charge in [0.1, 0.15) is 15.9 Å². The Kier molecular flexibility index (Phi) is 4.88. The normalized spacial score (nSPS) is 13.3. The molecule has 0 radical (unpaired) electrons. The summed E-state index contributed by atoms with van der Waals surface area (Å²) in [6.45, 7) is 0. The minimum Gasteiger partial charge on any atom is -0.386 e. The van der Waals surface area contributed by atoms with E-state index >= 15 is 0 Å². The first-order valence-corrected chi connectivity index (χ1v) is 10.8. The molecule has 1 unspecified atom stereocenters. The molecular weight excluding hydrogens is 458 g/mol. The Balaban J connectivity index is 2.30. The SMILES string of the molecule is CS(=O)(=O)CC(O)c1[nH]c2cc(Br)cc(Br)c2c1-c1ccccc1. The fraction of sp³-hybridized carbons (Fsp3) is 0.176. The lowest BCUT2D eigenvalue weighted by molar-refractivity contribution is 0.198. The number of halogens is 2. The van der Waals surface area contributed by atoms with E-state index in [-0.39, 0.29) is 5.75 Å². The number of nitrogens with one attached hydrogen (secondary N) is 1. The Labute approximate surface area is 157 Å². The highest BCUT2D eigenvalue weighted by atomic mass is 79.9. The predicted molar refractivity (Wildman–Crippen MR) is 104 cm³/mol. The largest absolute Gasteiger partial charge is 0.386 e. The van der Waals surface area contributed by atoms with Crippen LogP contribution in [0.4, 0.5) is 0 Å². The summed E-state index contributed by atoms with van der Waals surface area (Å²) in [6, 6.07) is 13.4. The number of hydrogen-bond acceptors (Lipinski definition) is 3. The highest BCUT2D eigenvalue weighted by Crippen LogP contribution is 2.40. The average molecular weight is 473 g/mol. The summed E-state index contributed by atoms with van der Waals surface area (Å²) in [5.74, 6) is -0.335. The van der Waals surface area contributed by atoms with Crippen molar-refractivity contribution in [1.82, 2.24) is 4.98 Å². The van der Waals surface area contributed by atoms with Crippen molar-refractivity contribution in [2.24, 2.45) is 0 Å². The molecule has 1 aromatic heterocycles. The van der Waals surface area contributed by atoms with Crippen LogP contribution in [-0.2, 0) is 9.84 Å². The number of aliphatic hydroxyl groups is 1. The fourth-order valence-corrected chi connectivity index (χ4v) is 4.96. The van der Waals surface area contributed by atoms with Crippen molar-refractivity contribution in [1.29, 1.82) is 0 Å². The van der Waals surface area contributed by atoms with Gasteiger partial charge in [-0.25, -0.2) is 8.42 Å². The quantitative estimate of drug-likeness (QED) is 0.589. The molecular formula is C17H15Br2NO3S. The topological polar surface area (TPSA) is 70.2 Å². The summed E-state index contributed by atoms with van der Waals surface area (Å²) in [5.41, 5.74) is 3.04. The molecule has 0 aliphatic rings. The lowest BCUT2D eigenvalue weighted by atomic mass is 10.00. The van der Waals surface area contributed by atoms with Gasteiger partial charge in [-0.2, -0.15) is 0 Å². The monoisotopic (exact) mass is 471 g/mol. The van der Waals surface area contributed by atoms with Crippen LogP contribution in [0.25, 0.3) is 22.0 Å². The third-order valence-corrected chi connectivity index (χ3v) is 5.70. The lowest BCUT2D eigenvalue weighted by Crippen LogP contribution is -2.13. The number of rotatable bonds is 4. The van der Waals surface area contributed by atoms with Gasteiger partial charge in [0.05, 0.1) is 11.4 Å². The van der Waals surface area contributed by atoms with Gasteiger partial charge in [0.15, 0.2) is 0 Å². The summed E-state index contributed by atoms with van der Waals surface area (Å²) >= 11 is 7.02. The van der Waals surface area contributed by atoms with Crippen molar-refractivity contribution in [2.75, 3.05) is 12.0 Å². The Morgan fingerprint density at radius 1 is 1.17 bits per heavy atom. The van der Waals surface area contributed by atoms with Gasteiger partial charge in [-0.1, -0.05) is 62.2 Å². The van der Waals surface area contributed by atoms with Gasteiger partial charge < -0.3 is 10.1 Å². The molecule has 2 N–H and O–H groups in total. The molecule has 0 amide bonds. The molecule has 0 spiro atoms. The first-order valence-electron chi connectivity index (χ1n) is 7.18. The van der Waals surface area contributed by atoms with Crippen LogP contribution in [0.2, 0.25) is 0 Å². The molecule has 0 saturated carbocycles. The third-order valence-electron chi connectivity index (χ3n) is 3.70. The van der Waals surface area contributed by atoms with Crippen LogP contribution >= 0.6 is 31.9 Å². The second kappa shape index (κ2) is 6.63. The minimum atomic E-state index is -3.32. The van der Waals surface area contributed by atoms with E-state index in [0.29, 0.717) is 5.69 Å². The van der Waals surface area contributed by atoms with Gasteiger partial charge in [-0.15, -0.1) is 0 Å². The second-order valence-electron chi connectivity index (χ2n) is 5.70. The van der Waals surface area contributed by atoms with Gasteiger partial charge >= 0.3 is 0 Å². The molecule has 126 valence electrons. The Morgan fingerprint density at radius 3 is 2.46 bits per heavy atom. The number of aromatic amines is 1. The highest BCUT2D eigenvalue weighted by molar-refractivity contribution is 9.11. The van der Waals surface area contributed by atoms with Gasteiger partial charge in [-0.3, -0.25) is 0 Å². The molecule has 0 bridgehead atoms. The van der Waals surface area contributed by atoms with Crippen LogP contribution in [0.1, 0.15) is 11.8 Å². The number of fused-ring (bicyclic) bond motifs is 1. The average Bonchev–Trinajstić information content (AvgIpc) is 2.86. The molecule has 3 aromatic rings. The van der Waals surface area contributed by atoms with Crippen molar-refractivity contribution < 1.29 is 13.5 Å². The minimum absolute atomic E-state index is 0.335. The molecule has 24 heavy (non-hydrogen) atoms. The van der Waals surface area contributed by atoms with Gasteiger partial charge in [-0.05, 0) is 17.7 Å². The third kappa shape index (κ3) is 3.59. The van der Waals surface area contributed by atoms with E-state index in [4.69, 9.17) is 0 Å². The molecule has 4 nitrogen and oxygen atoms in total. The molecule has 0 aliphatic heterocycles. The van der Waals surface area contributed by atoms with Crippen molar-refractivity contribution >= 4 is 52.6 Å². The maximum absolute atomic E-state index is 11.6. The first kappa shape index (κ1) is 17.7. The molecule has 2 aromatic carbocycles. The van der Waals surface area contributed by atoms with Crippen LogP contribution < -0.4 is 0 Å².